The number of Topliss-reactive ketones (excluding diaryl/α,β-unsaturated/α-hetero) is 1. The molecule has 0 radical (unpaired) electrons. The Morgan fingerprint density at radius 3 is 2.42 bits per heavy atom. The Hall–Kier alpha value is -3.30. The van der Waals surface area contributed by atoms with Crippen LogP contribution in [0, 0.1) is 11.6 Å². The molecule has 0 spiro atoms. The summed E-state index contributed by atoms with van der Waals surface area (Å²) in [5, 5.41) is 11.0. The van der Waals surface area contributed by atoms with E-state index < -0.39 is 35.1 Å². The molecule has 1 N–H and O–H groups in total. The Labute approximate surface area is 189 Å². The van der Waals surface area contributed by atoms with Crippen LogP contribution in [0.15, 0.2) is 48.0 Å². The summed E-state index contributed by atoms with van der Waals surface area (Å²) >= 11 is 0. The molecule has 2 saturated heterocycles. The largest absolute Gasteiger partial charge is 0.507 e. The minimum atomic E-state index is -0.934. The number of nitrogens with zero attached hydrogens (tertiary/aromatic N) is 2. The third-order valence-corrected chi connectivity index (χ3v) is 5.91. The van der Waals surface area contributed by atoms with Gasteiger partial charge in [0.1, 0.15) is 11.6 Å². The Morgan fingerprint density at radius 2 is 1.79 bits per heavy atom. The van der Waals surface area contributed by atoms with Gasteiger partial charge >= 0.3 is 0 Å². The molecule has 0 bridgehead atoms. The quantitative estimate of drug-likeness (QED) is 0.408. The van der Waals surface area contributed by atoms with Crippen LogP contribution in [0.4, 0.5) is 8.78 Å². The molecular weight excluding hydrogens is 434 g/mol. The number of benzene rings is 2. The maximum atomic E-state index is 14.3. The second-order valence-corrected chi connectivity index (χ2v) is 7.85. The van der Waals surface area contributed by atoms with E-state index in [0.29, 0.717) is 38.4 Å². The first-order valence-electron chi connectivity index (χ1n) is 10.6. The van der Waals surface area contributed by atoms with Gasteiger partial charge in [-0.05, 0) is 35.9 Å². The number of methoxy groups -OCH3 is 1. The maximum absolute atomic E-state index is 14.3. The highest BCUT2D eigenvalue weighted by Crippen LogP contribution is 2.39. The third kappa shape index (κ3) is 4.60. The van der Waals surface area contributed by atoms with E-state index in [1.807, 2.05) is 0 Å². The smallest absolute Gasteiger partial charge is 0.295 e. The van der Waals surface area contributed by atoms with E-state index in [9.17, 15) is 23.5 Å². The van der Waals surface area contributed by atoms with Crippen LogP contribution >= 0.6 is 0 Å². The Kier molecular flexibility index (Phi) is 6.71. The second kappa shape index (κ2) is 9.68. The van der Waals surface area contributed by atoms with Crippen LogP contribution in [0.2, 0.25) is 0 Å². The number of likely N-dealkylation sites (tertiary alicyclic amines) is 1. The van der Waals surface area contributed by atoms with E-state index >= 15 is 0 Å². The first-order valence-corrected chi connectivity index (χ1v) is 10.6. The van der Waals surface area contributed by atoms with Crippen molar-refractivity contribution in [2.75, 3.05) is 46.5 Å². The normalized spacial score (nSPS) is 20.9. The number of carbonyl (C=O) groups excluding carboxylic acids is 2. The fourth-order valence-electron chi connectivity index (χ4n) is 4.15. The molecule has 0 unspecified atom stereocenters. The number of hydrogen-bond acceptors (Lipinski definition) is 6. The van der Waals surface area contributed by atoms with Crippen molar-refractivity contribution in [3.05, 3.63) is 70.8 Å². The zero-order valence-electron chi connectivity index (χ0n) is 18.1. The summed E-state index contributed by atoms with van der Waals surface area (Å²) in [5.74, 6) is -3.36. The van der Waals surface area contributed by atoms with Gasteiger partial charge in [0.15, 0.2) is 11.6 Å². The first-order chi connectivity index (χ1) is 15.9. The number of ketones is 1. The van der Waals surface area contributed by atoms with Gasteiger partial charge < -0.3 is 19.5 Å². The van der Waals surface area contributed by atoms with Gasteiger partial charge in [0.05, 0.1) is 31.9 Å². The lowest BCUT2D eigenvalue weighted by atomic mass is 9.95. The summed E-state index contributed by atoms with van der Waals surface area (Å²) in [6.07, 6.45) is 0. The van der Waals surface area contributed by atoms with E-state index in [1.165, 1.54) is 48.4 Å². The average molecular weight is 458 g/mol. The van der Waals surface area contributed by atoms with Gasteiger partial charge in [-0.15, -0.1) is 0 Å². The first kappa shape index (κ1) is 22.9. The van der Waals surface area contributed by atoms with Crippen molar-refractivity contribution in [3.8, 4) is 5.75 Å². The van der Waals surface area contributed by atoms with Crippen molar-refractivity contribution in [1.82, 2.24) is 9.80 Å². The number of ether oxygens (including phenoxy) is 2. The topological polar surface area (TPSA) is 79.3 Å². The highest BCUT2D eigenvalue weighted by molar-refractivity contribution is 6.46. The van der Waals surface area contributed by atoms with Crippen LogP contribution in [0.3, 0.4) is 0 Å². The summed E-state index contributed by atoms with van der Waals surface area (Å²) in [7, 11) is 1.31. The number of aliphatic hydroxyl groups excluding tert-OH is 1. The molecule has 1 atom stereocenters. The second-order valence-electron chi connectivity index (χ2n) is 7.85. The summed E-state index contributed by atoms with van der Waals surface area (Å²) < 4.78 is 38.1. The van der Waals surface area contributed by atoms with Gasteiger partial charge in [0.2, 0.25) is 0 Å². The molecule has 9 heteroatoms. The lowest BCUT2D eigenvalue weighted by Gasteiger charge is -2.31. The minimum absolute atomic E-state index is 0.0207. The summed E-state index contributed by atoms with van der Waals surface area (Å²) in [6, 6.07) is 8.22. The van der Waals surface area contributed by atoms with Crippen molar-refractivity contribution < 1.29 is 33.0 Å². The highest BCUT2D eigenvalue weighted by Gasteiger charge is 2.46. The Morgan fingerprint density at radius 1 is 1.09 bits per heavy atom. The van der Waals surface area contributed by atoms with E-state index in [4.69, 9.17) is 9.47 Å². The number of hydrogen-bond donors (Lipinski definition) is 1. The van der Waals surface area contributed by atoms with E-state index in [-0.39, 0.29) is 23.4 Å². The summed E-state index contributed by atoms with van der Waals surface area (Å²) in [4.78, 5) is 29.5. The Bertz CT molecular complexity index is 1080. The third-order valence-electron chi connectivity index (χ3n) is 5.91. The molecule has 2 heterocycles. The van der Waals surface area contributed by atoms with E-state index in [1.54, 1.807) is 0 Å². The van der Waals surface area contributed by atoms with Gasteiger partial charge in [-0.25, -0.2) is 8.78 Å². The van der Waals surface area contributed by atoms with Crippen LogP contribution in [0.1, 0.15) is 17.2 Å². The van der Waals surface area contributed by atoms with E-state index in [2.05, 4.69) is 4.90 Å². The van der Waals surface area contributed by atoms with Crippen molar-refractivity contribution in [3.63, 3.8) is 0 Å². The summed E-state index contributed by atoms with van der Waals surface area (Å²) in [6.45, 7) is 3.31. The molecule has 0 aliphatic carbocycles. The van der Waals surface area contributed by atoms with Crippen molar-refractivity contribution in [1.29, 1.82) is 0 Å². The van der Waals surface area contributed by atoms with Gasteiger partial charge in [-0.3, -0.25) is 14.5 Å². The van der Waals surface area contributed by atoms with Crippen LogP contribution in [0.25, 0.3) is 5.76 Å². The van der Waals surface area contributed by atoms with Crippen molar-refractivity contribution in [2.45, 2.75) is 6.04 Å². The molecule has 0 aromatic heterocycles. The molecule has 2 aromatic carbocycles. The van der Waals surface area contributed by atoms with Crippen LogP contribution in [0.5, 0.6) is 5.75 Å². The monoisotopic (exact) mass is 458 g/mol. The molecule has 2 aliphatic rings. The lowest BCUT2D eigenvalue weighted by molar-refractivity contribution is -0.140. The molecule has 7 nitrogen and oxygen atoms in total. The SMILES string of the molecule is COc1ccc(C(O)=C2C(=O)C(=O)N(CCN3CCOCC3)[C@H]2c2ccc(F)cc2)cc1F. The number of aliphatic hydroxyl groups is 1. The standard InChI is InChI=1S/C24H24F2N2O5/c1-32-19-7-4-16(14-18(19)26)22(29)20-21(15-2-5-17(25)6-3-15)28(24(31)23(20)30)9-8-27-10-12-33-13-11-27/h2-7,14,21,29H,8-13H2,1H3/t21-/m0/s1. The molecule has 0 saturated carbocycles. The van der Waals surface area contributed by atoms with Gasteiger partial charge in [0.25, 0.3) is 11.7 Å². The van der Waals surface area contributed by atoms with Gasteiger partial charge in [0, 0.05) is 31.7 Å². The number of halogens is 2. The molecular formula is C24H24F2N2O5. The van der Waals surface area contributed by atoms with Crippen LogP contribution in [-0.4, -0.2) is 73.1 Å². The minimum Gasteiger partial charge on any atom is -0.507 e. The predicted molar refractivity (Wildman–Crippen MR) is 116 cm³/mol. The lowest BCUT2D eigenvalue weighted by Crippen LogP contribution is -2.42. The maximum Gasteiger partial charge on any atom is 0.295 e. The molecule has 2 fully saturated rings. The molecule has 2 aliphatic heterocycles. The fraction of sp³-hybridized carbons (Fsp3) is 0.333. The number of rotatable bonds is 6. The predicted octanol–water partition coefficient (Wildman–Crippen LogP) is 2.73. The zero-order valence-corrected chi connectivity index (χ0v) is 18.1. The zero-order chi connectivity index (χ0) is 23.5. The molecule has 174 valence electrons. The number of morpholine rings is 1. The van der Waals surface area contributed by atoms with Crippen LogP contribution in [-0.2, 0) is 14.3 Å². The highest BCUT2D eigenvalue weighted by atomic mass is 19.1. The molecule has 1 amide bonds. The van der Waals surface area contributed by atoms with Crippen molar-refractivity contribution in [2.24, 2.45) is 0 Å². The number of carbonyl (C=O) groups is 2. The molecule has 2 aromatic rings. The molecule has 33 heavy (non-hydrogen) atoms. The summed E-state index contributed by atoms with van der Waals surface area (Å²) in [5.41, 5.74) is 0.331. The average Bonchev–Trinajstić information content (AvgIpc) is 3.08. The Balaban J connectivity index is 1.74. The fourth-order valence-corrected chi connectivity index (χ4v) is 4.15. The van der Waals surface area contributed by atoms with E-state index in [0.717, 1.165) is 6.07 Å². The van der Waals surface area contributed by atoms with Gasteiger partial charge in [-0.1, -0.05) is 12.1 Å². The van der Waals surface area contributed by atoms with Gasteiger partial charge in [-0.2, -0.15) is 0 Å². The number of amides is 1. The van der Waals surface area contributed by atoms with Crippen molar-refractivity contribution >= 4 is 17.4 Å². The molecule has 4 rings (SSSR count). The van der Waals surface area contributed by atoms with Crippen LogP contribution < -0.4 is 4.74 Å².